The summed E-state index contributed by atoms with van der Waals surface area (Å²) in [4.78, 5) is 11.8. The molecule has 0 N–H and O–H groups in total. The van der Waals surface area contributed by atoms with Gasteiger partial charge in [0, 0.05) is 12.3 Å². The van der Waals surface area contributed by atoms with E-state index >= 15 is 0 Å². The summed E-state index contributed by atoms with van der Waals surface area (Å²) in [5.74, 6) is 2.23. The van der Waals surface area contributed by atoms with Gasteiger partial charge >= 0.3 is 0 Å². The fraction of sp³-hybridized carbons (Fsp3) is 0.562. The van der Waals surface area contributed by atoms with Gasteiger partial charge in [0.1, 0.15) is 5.78 Å². The normalized spacial score (nSPS) is 19.3. The molecule has 0 radical (unpaired) electrons. The number of methoxy groups -OCH3 is 2. The van der Waals surface area contributed by atoms with Crippen molar-refractivity contribution in [3.63, 3.8) is 0 Å². The standard InChI is InChI=1S/C16H22O3/c1-18-15-10-8-12(11-16(15)19-2)7-9-13-5-3-4-6-14(13)17/h8,10-11,13H,3-7,9H2,1-2H3. The van der Waals surface area contributed by atoms with E-state index in [1.165, 1.54) is 12.0 Å². The molecule has 104 valence electrons. The number of aryl methyl sites for hydroxylation is 1. The molecule has 1 atom stereocenters. The third-order valence-corrected chi connectivity index (χ3v) is 3.91. The van der Waals surface area contributed by atoms with Gasteiger partial charge in [-0.1, -0.05) is 12.5 Å². The first-order valence-electron chi connectivity index (χ1n) is 6.98. The second kappa shape index (κ2) is 6.60. The van der Waals surface area contributed by atoms with Crippen molar-refractivity contribution < 1.29 is 14.3 Å². The van der Waals surface area contributed by atoms with Gasteiger partial charge in [0.25, 0.3) is 0 Å². The van der Waals surface area contributed by atoms with Crippen molar-refractivity contribution in [3.8, 4) is 11.5 Å². The zero-order valence-electron chi connectivity index (χ0n) is 11.8. The van der Waals surface area contributed by atoms with Gasteiger partial charge in [0.2, 0.25) is 0 Å². The largest absolute Gasteiger partial charge is 0.493 e. The average Bonchev–Trinajstić information content (AvgIpc) is 2.46. The van der Waals surface area contributed by atoms with E-state index in [2.05, 4.69) is 6.07 Å². The molecule has 0 aromatic heterocycles. The molecule has 1 unspecified atom stereocenters. The van der Waals surface area contributed by atoms with E-state index in [0.717, 1.165) is 43.6 Å². The fourth-order valence-electron chi connectivity index (χ4n) is 2.74. The van der Waals surface area contributed by atoms with Gasteiger partial charge in [-0.05, 0) is 43.4 Å². The lowest BCUT2D eigenvalue weighted by atomic mass is 9.84. The molecule has 3 nitrogen and oxygen atoms in total. The zero-order valence-corrected chi connectivity index (χ0v) is 11.8. The molecule has 1 aromatic rings. The minimum atomic E-state index is 0.266. The number of carbonyl (C=O) groups is 1. The molecule has 1 saturated carbocycles. The monoisotopic (exact) mass is 262 g/mol. The lowest BCUT2D eigenvalue weighted by Crippen LogP contribution is -2.19. The van der Waals surface area contributed by atoms with Crippen LogP contribution in [0.2, 0.25) is 0 Å². The Labute approximate surface area is 114 Å². The molecular weight excluding hydrogens is 240 g/mol. The smallest absolute Gasteiger partial charge is 0.160 e. The van der Waals surface area contributed by atoms with Crippen LogP contribution in [-0.4, -0.2) is 20.0 Å². The van der Waals surface area contributed by atoms with Crippen molar-refractivity contribution in [1.29, 1.82) is 0 Å². The molecule has 1 aliphatic carbocycles. The summed E-state index contributed by atoms with van der Waals surface area (Å²) < 4.78 is 10.5. The Morgan fingerprint density at radius 3 is 2.63 bits per heavy atom. The van der Waals surface area contributed by atoms with E-state index in [1.54, 1.807) is 14.2 Å². The second-order valence-corrected chi connectivity index (χ2v) is 5.14. The molecular formula is C16H22O3. The Balaban J connectivity index is 1.97. The van der Waals surface area contributed by atoms with E-state index < -0.39 is 0 Å². The van der Waals surface area contributed by atoms with Crippen LogP contribution in [0.4, 0.5) is 0 Å². The Bertz CT molecular complexity index is 440. The van der Waals surface area contributed by atoms with Crippen molar-refractivity contribution in [2.75, 3.05) is 14.2 Å². The summed E-state index contributed by atoms with van der Waals surface area (Å²) in [6.07, 6.45) is 5.99. The summed E-state index contributed by atoms with van der Waals surface area (Å²) in [5.41, 5.74) is 1.20. The van der Waals surface area contributed by atoms with E-state index in [9.17, 15) is 4.79 Å². The predicted molar refractivity (Wildman–Crippen MR) is 74.8 cm³/mol. The van der Waals surface area contributed by atoms with Gasteiger partial charge in [-0.15, -0.1) is 0 Å². The number of carbonyl (C=O) groups excluding carboxylic acids is 1. The maximum atomic E-state index is 11.8. The molecule has 0 amide bonds. The van der Waals surface area contributed by atoms with Gasteiger partial charge in [-0.3, -0.25) is 4.79 Å². The molecule has 0 heterocycles. The van der Waals surface area contributed by atoms with E-state index in [1.807, 2.05) is 12.1 Å². The summed E-state index contributed by atoms with van der Waals surface area (Å²) in [5, 5.41) is 0. The molecule has 1 aromatic carbocycles. The number of hydrogen-bond donors (Lipinski definition) is 0. The highest BCUT2D eigenvalue weighted by atomic mass is 16.5. The Morgan fingerprint density at radius 1 is 1.16 bits per heavy atom. The highest BCUT2D eigenvalue weighted by molar-refractivity contribution is 5.81. The minimum Gasteiger partial charge on any atom is -0.493 e. The molecule has 0 aliphatic heterocycles. The lowest BCUT2D eigenvalue weighted by molar-refractivity contribution is -0.124. The number of Topliss-reactive ketones (excluding diaryl/α,β-unsaturated/α-hetero) is 1. The first kappa shape index (κ1) is 13.9. The van der Waals surface area contributed by atoms with Gasteiger partial charge < -0.3 is 9.47 Å². The molecule has 19 heavy (non-hydrogen) atoms. The summed E-state index contributed by atoms with van der Waals surface area (Å²) in [7, 11) is 3.28. The Morgan fingerprint density at radius 2 is 1.95 bits per heavy atom. The van der Waals surface area contributed by atoms with Crippen LogP contribution in [0.1, 0.15) is 37.7 Å². The van der Waals surface area contributed by atoms with Crippen LogP contribution in [0, 0.1) is 5.92 Å². The number of ketones is 1. The summed E-state index contributed by atoms with van der Waals surface area (Å²) in [6.45, 7) is 0. The van der Waals surface area contributed by atoms with E-state index in [-0.39, 0.29) is 5.92 Å². The predicted octanol–water partition coefficient (Wildman–Crippen LogP) is 3.40. The maximum absolute atomic E-state index is 11.8. The maximum Gasteiger partial charge on any atom is 0.160 e. The SMILES string of the molecule is COc1ccc(CCC2CCCCC2=O)cc1OC. The topological polar surface area (TPSA) is 35.5 Å². The van der Waals surface area contributed by atoms with Gasteiger partial charge in [0.15, 0.2) is 11.5 Å². The summed E-state index contributed by atoms with van der Waals surface area (Å²) >= 11 is 0. The van der Waals surface area contributed by atoms with Crippen LogP contribution in [0.15, 0.2) is 18.2 Å². The minimum absolute atomic E-state index is 0.266. The molecule has 2 rings (SSSR count). The quantitative estimate of drug-likeness (QED) is 0.816. The second-order valence-electron chi connectivity index (χ2n) is 5.14. The van der Waals surface area contributed by atoms with Crippen LogP contribution < -0.4 is 9.47 Å². The van der Waals surface area contributed by atoms with Gasteiger partial charge in [0.05, 0.1) is 14.2 Å². The van der Waals surface area contributed by atoms with Crippen molar-refractivity contribution in [2.24, 2.45) is 5.92 Å². The zero-order chi connectivity index (χ0) is 13.7. The fourth-order valence-corrected chi connectivity index (χ4v) is 2.74. The first-order chi connectivity index (χ1) is 9.24. The van der Waals surface area contributed by atoms with Crippen LogP contribution in [-0.2, 0) is 11.2 Å². The Kier molecular flexibility index (Phi) is 4.83. The summed E-state index contributed by atoms with van der Waals surface area (Å²) in [6, 6.07) is 5.98. The average molecular weight is 262 g/mol. The van der Waals surface area contributed by atoms with Crippen molar-refractivity contribution in [1.82, 2.24) is 0 Å². The Hall–Kier alpha value is -1.51. The highest BCUT2D eigenvalue weighted by Gasteiger charge is 2.21. The van der Waals surface area contributed by atoms with E-state index in [4.69, 9.17) is 9.47 Å². The molecule has 0 spiro atoms. The highest BCUT2D eigenvalue weighted by Crippen LogP contribution is 2.30. The van der Waals surface area contributed by atoms with E-state index in [0.29, 0.717) is 5.78 Å². The number of rotatable bonds is 5. The van der Waals surface area contributed by atoms with Crippen LogP contribution in [0.5, 0.6) is 11.5 Å². The number of benzene rings is 1. The number of ether oxygens (including phenoxy) is 2. The number of hydrogen-bond acceptors (Lipinski definition) is 3. The molecule has 3 heteroatoms. The van der Waals surface area contributed by atoms with Crippen molar-refractivity contribution in [3.05, 3.63) is 23.8 Å². The third-order valence-electron chi connectivity index (χ3n) is 3.91. The van der Waals surface area contributed by atoms with Crippen LogP contribution >= 0.6 is 0 Å². The van der Waals surface area contributed by atoms with Gasteiger partial charge in [-0.25, -0.2) is 0 Å². The molecule has 1 fully saturated rings. The van der Waals surface area contributed by atoms with Crippen LogP contribution in [0.25, 0.3) is 0 Å². The van der Waals surface area contributed by atoms with Gasteiger partial charge in [-0.2, -0.15) is 0 Å². The lowest BCUT2D eigenvalue weighted by Gasteiger charge is -2.20. The third kappa shape index (κ3) is 3.49. The van der Waals surface area contributed by atoms with Crippen molar-refractivity contribution in [2.45, 2.75) is 38.5 Å². The first-order valence-corrected chi connectivity index (χ1v) is 6.98. The molecule has 0 bridgehead atoms. The molecule has 1 aliphatic rings. The molecule has 0 saturated heterocycles. The van der Waals surface area contributed by atoms with Crippen LogP contribution in [0.3, 0.4) is 0 Å². The van der Waals surface area contributed by atoms with Crippen molar-refractivity contribution >= 4 is 5.78 Å².